The van der Waals surface area contributed by atoms with Crippen molar-refractivity contribution in [2.75, 3.05) is 11.9 Å². The molecule has 6 N–H and O–H groups in total. The number of rotatable bonds is 11. The van der Waals surface area contributed by atoms with Crippen LogP contribution in [0, 0.1) is 11.6 Å². The SMILES string of the molecule is CC(C)(C)OC(=O)C[C@H](O)C[C@H](O)CNC(=O)Nc1snc(OCc2c(F)cc(Br)cc2F)c1C(N)=O. The molecule has 204 valence electrons. The van der Waals surface area contributed by atoms with Gasteiger partial charge in [0.2, 0.25) is 5.88 Å². The lowest BCUT2D eigenvalue weighted by Crippen LogP contribution is -2.37. The summed E-state index contributed by atoms with van der Waals surface area (Å²) in [6.45, 7) is 4.14. The van der Waals surface area contributed by atoms with Crippen molar-refractivity contribution < 1.29 is 42.9 Å². The smallest absolute Gasteiger partial charge is 0.320 e. The molecule has 1 aromatic heterocycles. The molecule has 0 aliphatic carbocycles. The number of halogens is 3. The molecule has 0 spiro atoms. The minimum Gasteiger partial charge on any atom is -0.471 e. The first-order valence-electron chi connectivity index (χ1n) is 10.8. The summed E-state index contributed by atoms with van der Waals surface area (Å²) < 4.78 is 42.5. The average Bonchev–Trinajstić information content (AvgIpc) is 3.12. The van der Waals surface area contributed by atoms with E-state index < -0.39 is 59.5 Å². The Hall–Kier alpha value is -2.88. The highest BCUT2D eigenvalue weighted by Gasteiger charge is 2.24. The topological polar surface area (TPSA) is 173 Å². The third-order valence-corrected chi connectivity index (χ3v) is 5.66. The summed E-state index contributed by atoms with van der Waals surface area (Å²) in [4.78, 5) is 35.9. The second-order valence-corrected chi connectivity index (χ2v) is 10.6. The van der Waals surface area contributed by atoms with Gasteiger partial charge in [-0.2, -0.15) is 4.37 Å². The van der Waals surface area contributed by atoms with Gasteiger partial charge in [-0.25, -0.2) is 13.6 Å². The Kier molecular flexibility index (Phi) is 10.7. The van der Waals surface area contributed by atoms with Gasteiger partial charge < -0.3 is 30.7 Å². The van der Waals surface area contributed by atoms with Crippen LogP contribution in [0.5, 0.6) is 5.88 Å². The Balaban J connectivity index is 1.92. The number of nitrogens with one attached hydrogen (secondary N) is 2. The van der Waals surface area contributed by atoms with Crippen molar-refractivity contribution in [3.8, 4) is 5.88 Å². The molecule has 37 heavy (non-hydrogen) atoms. The van der Waals surface area contributed by atoms with E-state index in [0.29, 0.717) is 11.5 Å². The summed E-state index contributed by atoms with van der Waals surface area (Å²) >= 11 is 3.60. The fourth-order valence-electron chi connectivity index (χ4n) is 2.94. The van der Waals surface area contributed by atoms with Gasteiger partial charge in [0.25, 0.3) is 5.91 Å². The Morgan fingerprint density at radius 3 is 2.38 bits per heavy atom. The Labute approximate surface area is 223 Å². The molecule has 0 aliphatic heterocycles. The van der Waals surface area contributed by atoms with Crippen molar-refractivity contribution in [2.24, 2.45) is 5.73 Å². The van der Waals surface area contributed by atoms with Gasteiger partial charge >= 0.3 is 12.0 Å². The van der Waals surface area contributed by atoms with Crippen LogP contribution in [-0.4, -0.2) is 56.8 Å². The number of anilines is 1. The molecule has 0 aliphatic rings. The predicted molar refractivity (Wildman–Crippen MR) is 133 cm³/mol. The highest BCUT2D eigenvalue weighted by Crippen LogP contribution is 2.31. The summed E-state index contributed by atoms with van der Waals surface area (Å²) in [6, 6.07) is 1.24. The minimum absolute atomic E-state index is 0.101. The standard InChI is InChI=1S/C22H27BrF2N4O7S/c1-22(2,3)36-16(32)7-11(30)6-12(31)8-27-21(34)28-20-17(18(26)33)19(29-37-20)35-9-13-14(24)4-10(23)5-15(13)25/h4-5,11-12,30-31H,6-9H2,1-3H3,(H2,26,33)(H2,27,28,34)/t11-,12+/m1/s1. The van der Waals surface area contributed by atoms with Crippen molar-refractivity contribution in [1.29, 1.82) is 0 Å². The van der Waals surface area contributed by atoms with Crippen LogP contribution >= 0.6 is 27.5 Å². The third-order valence-electron chi connectivity index (χ3n) is 4.46. The van der Waals surface area contributed by atoms with E-state index in [-0.39, 0.29) is 40.3 Å². The summed E-state index contributed by atoms with van der Waals surface area (Å²) in [5.74, 6) is -3.74. The number of urea groups is 1. The van der Waals surface area contributed by atoms with Gasteiger partial charge in [0.1, 0.15) is 34.4 Å². The number of benzene rings is 1. The first-order valence-corrected chi connectivity index (χ1v) is 12.4. The van der Waals surface area contributed by atoms with Crippen LogP contribution in [0.15, 0.2) is 16.6 Å². The molecule has 2 rings (SSSR count). The van der Waals surface area contributed by atoms with Crippen molar-refractivity contribution in [1.82, 2.24) is 9.69 Å². The number of amides is 3. The minimum atomic E-state index is -1.20. The van der Waals surface area contributed by atoms with E-state index in [4.69, 9.17) is 15.2 Å². The van der Waals surface area contributed by atoms with Crippen LogP contribution < -0.4 is 21.1 Å². The number of aromatic nitrogens is 1. The highest BCUT2D eigenvalue weighted by atomic mass is 79.9. The molecule has 2 atom stereocenters. The molecule has 11 nitrogen and oxygen atoms in total. The number of hydrogen-bond acceptors (Lipinski definition) is 9. The van der Waals surface area contributed by atoms with Crippen LogP contribution in [0.3, 0.4) is 0 Å². The number of primary amides is 1. The second-order valence-electron chi connectivity index (χ2n) is 8.86. The maximum Gasteiger partial charge on any atom is 0.320 e. The van der Waals surface area contributed by atoms with E-state index in [2.05, 4.69) is 30.9 Å². The van der Waals surface area contributed by atoms with E-state index in [0.717, 1.165) is 12.1 Å². The summed E-state index contributed by atoms with van der Waals surface area (Å²) in [5.41, 5.74) is 3.92. The number of esters is 1. The van der Waals surface area contributed by atoms with Crippen LogP contribution in [0.1, 0.15) is 49.5 Å². The lowest BCUT2D eigenvalue weighted by Gasteiger charge is -2.21. The number of hydrogen-bond donors (Lipinski definition) is 5. The number of carbonyl (C=O) groups is 3. The van der Waals surface area contributed by atoms with Crippen molar-refractivity contribution in [3.05, 3.63) is 39.4 Å². The zero-order chi connectivity index (χ0) is 27.9. The van der Waals surface area contributed by atoms with Crippen molar-refractivity contribution in [3.63, 3.8) is 0 Å². The molecule has 0 radical (unpaired) electrons. The summed E-state index contributed by atoms with van der Waals surface area (Å²) in [5, 5.41) is 24.6. The predicted octanol–water partition coefficient (Wildman–Crippen LogP) is 2.83. The zero-order valence-corrected chi connectivity index (χ0v) is 22.5. The third kappa shape index (κ3) is 9.83. The van der Waals surface area contributed by atoms with Gasteiger partial charge in [-0.3, -0.25) is 14.9 Å². The van der Waals surface area contributed by atoms with Gasteiger partial charge in [-0.15, -0.1) is 0 Å². The van der Waals surface area contributed by atoms with E-state index in [1.54, 1.807) is 20.8 Å². The molecule has 1 heterocycles. The van der Waals surface area contributed by atoms with Gasteiger partial charge in [-0.1, -0.05) is 15.9 Å². The molecule has 15 heteroatoms. The quantitative estimate of drug-likeness (QED) is 0.242. The molecular formula is C22H27BrF2N4O7S. The van der Waals surface area contributed by atoms with Gasteiger partial charge in [0.05, 0.1) is 24.2 Å². The van der Waals surface area contributed by atoms with Crippen molar-refractivity contribution >= 4 is 50.4 Å². The van der Waals surface area contributed by atoms with Gasteiger partial charge in [0, 0.05) is 17.4 Å². The number of aliphatic hydroxyl groups is 2. The molecule has 0 saturated carbocycles. The van der Waals surface area contributed by atoms with Gasteiger partial charge in [-0.05, 0) is 44.4 Å². The normalized spacial score (nSPS) is 13.0. The largest absolute Gasteiger partial charge is 0.471 e. The second kappa shape index (κ2) is 13.1. The van der Waals surface area contributed by atoms with E-state index in [9.17, 15) is 33.4 Å². The number of nitrogens with zero attached hydrogens (tertiary/aromatic N) is 1. The van der Waals surface area contributed by atoms with Crippen LogP contribution in [0.25, 0.3) is 0 Å². The molecule has 3 amide bonds. The lowest BCUT2D eigenvalue weighted by atomic mass is 10.1. The Bertz CT molecular complexity index is 1120. The lowest BCUT2D eigenvalue weighted by molar-refractivity contribution is -0.157. The first-order chi connectivity index (χ1) is 17.2. The number of aliphatic hydroxyl groups excluding tert-OH is 2. The molecule has 1 aromatic carbocycles. The Morgan fingerprint density at radius 1 is 1.19 bits per heavy atom. The summed E-state index contributed by atoms with van der Waals surface area (Å²) in [7, 11) is 0. The molecule has 0 bridgehead atoms. The highest BCUT2D eigenvalue weighted by molar-refractivity contribution is 9.10. The maximum absolute atomic E-state index is 14.0. The fourth-order valence-corrected chi connectivity index (χ4v) is 4.08. The Morgan fingerprint density at radius 2 is 1.81 bits per heavy atom. The number of nitrogens with two attached hydrogens (primary N) is 1. The van der Waals surface area contributed by atoms with Crippen LogP contribution in [0.2, 0.25) is 0 Å². The van der Waals surface area contributed by atoms with E-state index in [1.807, 2.05) is 0 Å². The van der Waals surface area contributed by atoms with Crippen LogP contribution in [0.4, 0.5) is 18.6 Å². The number of carbonyl (C=O) groups excluding carboxylic acids is 3. The fraction of sp³-hybridized carbons (Fsp3) is 0.455. The number of ether oxygens (including phenoxy) is 2. The summed E-state index contributed by atoms with van der Waals surface area (Å²) in [6.07, 6.45) is -2.94. The molecule has 0 unspecified atom stereocenters. The van der Waals surface area contributed by atoms with Gasteiger partial charge in [0.15, 0.2) is 0 Å². The zero-order valence-electron chi connectivity index (χ0n) is 20.1. The monoisotopic (exact) mass is 608 g/mol. The average molecular weight is 609 g/mol. The molecule has 2 aromatic rings. The molecule has 0 saturated heterocycles. The maximum atomic E-state index is 14.0. The van der Waals surface area contributed by atoms with E-state index >= 15 is 0 Å². The van der Waals surface area contributed by atoms with E-state index in [1.165, 1.54) is 0 Å². The van der Waals surface area contributed by atoms with Crippen molar-refractivity contribution in [2.45, 2.75) is 58.0 Å². The molecule has 0 fully saturated rings. The molecular weight excluding hydrogens is 582 g/mol. The van der Waals surface area contributed by atoms with Crippen LogP contribution in [-0.2, 0) is 16.1 Å². The first kappa shape index (κ1) is 30.3.